The fourth-order valence-electron chi connectivity index (χ4n) is 7.37. The molecule has 0 aliphatic heterocycles. The quantitative estimate of drug-likeness (QED) is 0.177. The van der Waals surface area contributed by atoms with Gasteiger partial charge in [0, 0.05) is 34.0 Å². The van der Waals surface area contributed by atoms with Crippen LogP contribution in [-0.2, 0) is 0 Å². The van der Waals surface area contributed by atoms with Crippen molar-refractivity contribution >= 4 is 34.0 Å². The summed E-state index contributed by atoms with van der Waals surface area (Å²) in [7, 11) is 0. The number of carbonyl (C=O) groups excluding carboxylic acids is 1. The number of hydrogen-bond acceptors (Lipinski definition) is 4. The highest BCUT2D eigenvalue weighted by atomic mass is 35.5. The van der Waals surface area contributed by atoms with Crippen molar-refractivity contribution < 1.29 is 13.7 Å². The molecular weight excluding hydrogens is 608 g/mol. The van der Waals surface area contributed by atoms with Gasteiger partial charge in [0.2, 0.25) is 0 Å². The lowest BCUT2D eigenvalue weighted by molar-refractivity contribution is 0.0219. The molecule has 0 spiro atoms. The Labute approximate surface area is 272 Å². The summed E-state index contributed by atoms with van der Waals surface area (Å²) >= 11 is 7.47. The number of benzene rings is 2. The van der Waals surface area contributed by atoms with Crippen LogP contribution < -0.4 is 5.32 Å². The highest BCUT2D eigenvalue weighted by molar-refractivity contribution is 7.14. The smallest absolute Gasteiger partial charge is 0.286 e. The molecule has 0 radical (unpaired) electrons. The SMILES string of the molecule is C=CCC/C(=C\C)C1c2ccccc2C2CC(CNc3nc(-c4cccc(C(=O)N(F)C5=CC(Cl)=CC(F)C=C5)c4)cs3)C21C. The molecule has 1 amide bonds. The summed E-state index contributed by atoms with van der Waals surface area (Å²) in [4.78, 5) is 17.8. The molecule has 45 heavy (non-hydrogen) atoms. The lowest BCUT2D eigenvalue weighted by Gasteiger charge is -2.54. The van der Waals surface area contributed by atoms with Gasteiger partial charge in [-0.1, -0.05) is 77.1 Å². The number of nitrogens with one attached hydrogen (secondary N) is 1. The summed E-state index contributed by atoms with van der Waals surface area (Å²) in [5.41, 5.74) is 5.99. The van der Waals surface area contributed by atoms with Crippen LogP contribution in [0.15, 0.2) is 113 Å². The monoisotopic (exact) mass is 643 g/mol. The van der Waals surface area contributed by atoms with Crippen LogP contribution in [0.3, 0.4) is 0 Å². The molecule has 232 valence electrons. The van der Waals surface area contributed by atoms with Crippen LogP contribution in [0.4, 0.5) is 14.0 Å². The molecule has 6 rings (SSSR count). The molecule has 0 saturated heterocycles. The third-order valence-electron chi connectivity index (χ3n) is 9.70. The first-order valence-corrected chi connectivity index (χ1v) is 16.6. The predicted molar refractivity (Wildman–Crippen MR) is 181 cm³/mol. The van der Waals surface area contributed by atoms with Crippen LogP contribution in [0.2, 0.25) is 0 Å². The van der Waals surface area contributed by atoms with Gasteiger partial charge < -0.3 is 5.32 Å². The van der Waals surface area contributed by atoms with Gasteiger partial charge in [-0.25, -0.2) is 9.37 Å². The van der Waals surface area contributed by atoms with Crippen LogP contribution in [-0.4, -0.2) is 28.7 Å². The van der Waals surface area contributed by atoms with Crippen LogP contribution in [0, 0.1) is 11.3 Å². The number of nitrogens with zero attached hydrogens (tertiary/aromatic N) is 2. The van der Waals surface area contributed by atoms with Crippen LogP contribution in [0.1, 0.15) is 66.4 Å². The van der Waals surface area contributed by atoms with Gasteiger partial charge in [-0.2, -0.15) is 0 Å². The molecule has 3 aliphatic carbocycles. The second kappa shape index (κ2) is 12.9. The number of alkyl halides is 1. The number of rotatable bonds is 10. The fraction of sp³-hybridized carbons (Fsp3) is 0.297. The molecule has 5 atom stereocenters. The summed E-state index contributed by atoms with van der Waals surface area (Å²) in [6, 6.07) is 15.7. The Hall–Kier alpha value is -3.81. The Morgan fingerprint density at radius 3 is 2.82 bits per heavy atom. The number of allylic oxidation sites excluding steroid dienone is 8. The summed E-state index contributed by atoms with van der Waals surface area (Å²) in [6.07, 6.45) is 10.7. The molecule has 1 fully saturated rings. The molecular formula is C37H36ClF2N3OS. The highest BCUT2D eigenvalue weighted by Gasteiger charge is 2.61. The van der Waals surface area contributed by atoms with Crippen LogP contribution in [0.5, 0.6) is 0 Å². The molecule has 1 N–H and O–H groups in total. The zero-order valence-corrected chi connectivity index (χ0v) is 26.9. The minimum atomic E-state index is -1.46. The van der Waals surface area contributed by atoms with Crippen molar-refractivity contribution in [2.75, 3.05) is 11.9 Å². The van der Waals surface area contributed by atoms with Gasteiger partial charge in [0.15, 0.2) is 5.13 Å². The summed E-state index contributed by atoms with van der Waals surface area (Å²) in [5.74, 6) is 0.532. The van der Waals surface area contributed by atoms with Crippen molar-refractivity contribution in [3.05, 3.63) is 130 Å². The minimum absolute atomic E-state index is 0.0172. The maximum Gasteiger partial charge on any atom is 0.286 e. The standard InChI is InChI=1S/C37H36ClF2N3OS/c1-4-6-10-23(5-2)34-31-14-8-7-13-30(31)32-18-26(37(32,34)3)21-41-36-42-33(22-45-36)24-11-9-12-25(17-24)35(44)43(40)29-16-15-28(39)19-27(38)20-29/h4-5,7-9,11-17,19-20,22,26,28,32,34H,1,6,10,18,21H2,2-3H3,(H,41,42)/b23-5+. The average Bonchev–Trinajstić information content (AvgIpc) is 3.53. The first-order chi connectivity index (χ1) is 21.7. The zero-order chi connectivity index (χ0) is 31.7. The minimum Gasteiger partial charge on any atom is -0.361 e. The van der Waals surface area contributed by atoms with Gasteiger partial charge in [-0.15, -0.1) is 23.0 Å². The maximum absolute atomic E-state index is 15.1. The van der Waals surface area contributed by atoms with Gasteiger partial charge in [-0.05, 0) is 91.0 Å². The Bertz CT molecular complexity index is 1740. The topological polar surface area (TPSA) is 45.2 Å². The van der Waals surface area contributed by atoms with E-state index in [9.17, 15) is 9.18 Å². The van der Waals surface area contributed by atoms with Crippen molar-refractivity contribution in [2.45, 2.75) is 51.1 Å². The van der Waals surface area contributed by atoms with E-state index in [1.54, 1.807) is 12.1 Å². The fourth-order valence-corrected chi connectivity index (χ4v) is 8.33. The molecule has 5 unspecified atom stereocenters. The molecule has 8 heteroatoms. The highest BCUT2D eigenvalue weighted by Crippen LogP contribution is 2.71. The van der Waals surface area contributed by atoms with E-state index in [1.807, 2.05) is 17.5 Å². The summed E-state index contributed by atoms with van der Waals surface area (Å²) in [6.45, 7) is 9.39. The van der Waals surface area contributed by atoms with Crippen molar-refractivity contribution in [3.63, 3.8) is 0 Å². The summed E-state index contributed by atoms with van der Waals surface area (Å²) < 4.78 is 28.8. The van der Waals surface area contributed by atoms with E-state index in [0.717, 1.165) is 43.1 Å². The second-order valence-corrected chi connectivity index (χ2v) is 13.4. The number of amides is 1. The Balaban J connectivity index is 1.15. The maximum atomic E-state index is 15.1. The summed E-state index contributed by atoms with van der Waals surface area (Å²) in [5, 5.41) is 6.35. The van der Waals surface area contributed by atoms with Gasteiger partial charge in [-0.3, -0.25) is 4.79 Å². The van der Waals surface area contributed by atoms with Crippen molar-refractivity contribution in [2.24, 2.45) is 11.3 Å². The Kier molecular flexibility index (Phi) is 8.94. The number of anilines is 1. The lowest BCUT2D eigenvalue weighted by Crippen LogP contribution is -2.48. The number of hydrogen-bond donors (Lipinski definition) is 1. The number of thiazole rings is 1. The zero-order valence-electron chi connectivity index (χ0n) is 25.4. The number of aromatic nitrogens is 1. The van der Waals surface area contributed by atoms with E-state index in [1.165, 1.54) is 46.3 Å². The predicted octanol–water partition coefficient (Wildman–Crippen LogP) is 10.3. The van der Waals surface area contributed by atoms with E-state index in [2.05, 4.69) is 56.1 Å². The molecule has 3 aromatic rings. The molecule has 3 aliphatic rings. The molecule has 1 saturated carbocycles. The third-order valence-corrected chi connectivity index (χ3v) is 10.7. The number of halogens is 3. The molecule has 1 aromatic heterocycles. The van der Waals surface area contributed by atoms with E-state index in [4.69, 9.17) is 16.6 Å². The van der Waals surface area contributed by atoms with Crippen molar-refractivity contribution in [3.8, 4) is 11.3 Å². The van der Waals surface area contributed by atoms with Crippen molar-refractivity contribution in [1.82, 2.24) is 10.1 Å². The van der Waals surface area contributed by atoms with Crippen molar-refractivity contribution in [1.29, 1.82) is 0 Å². The molecule has 0 bridgehead atoms. The Morgan fingerprint density at radius 2 is 2.04 bits per heavy atom. The molecule has 4 nitrogen and oxygen atoms in total. The van der Waals surface area contributed by atoms with E-state index in [0.29, 0.717) is 29.0 Å². The van der Waals surface area contributed by atoms with E-state index >= 15 is 4.48 Å². The van der Waals surface area contributed by atoms with E-state index < -0.39 is 12.1 Å². The largest absolute Gasteiger partial charge is 0.361 e. The first kappa shape index (κ1) is 31.2. The van der Waals surface area contributed by atoms with Gasteiger partial charge in [0.1, 0.15) is 6.17 Å². The van der Waals surface area contributed by atoms with Gasteiger partial charge in [0.05, 0.1) is 11.4 Å². The average molecular weight is 644 g/mol. The third kappa shape index (κ3) is 5.84. The Morgan fingerprint density at radius 1 is 1.24 bits per heavy atom. The molecule has 1 heterocycles. The normalized spacial score (nSPS) is 25.3. The lowest BCUT2D eigenvalue weighted by atomic mass is 9.50. The van der Waals surface area contributed by atoms with Crippen LogP contribution >= 0.6 is 22.9 Å². The van der Waals surface area contributed by atoms with Gasteiger partial charge >= 0.3 is 0 Å². The first-order valence-electron chi connectivity index (χ1n) is 15.3. The van der Waals surface area contributed by atoms with Crippen LogP contribution in [0.25, 0.3) is 11.3 Å². The number of carbonyl (C=O) groups is 1. The van der Waals surface area contributed by atoms with E-state index in [-0.39, 0.29) is 26.8 Å². The number of fused-ring (bicyclic) bond motifs is 3. The second-order valence-electron chi connectivity index (χ2n) is 12.1. The van der Waals surface area contributed by atoms with Gasteiger partial charge in [0.25, 0.3) is 5.91 Å². The molecule has 2 aromatic carbocycles.